The zero-order valence-electron chi connectivity index (χ0n) is 22.0. The van der Waals surface area contributed by atoms with E-state index >= 15 is 0 Å². The first-order chi connectivity index (χ1) is 16.6. The van der Waals surface area contributed by atoms with Gasteiger partial charge in [-0.05, 0) is 91.2 Å². The maximum absolute atomic E-state index is 14.0. The van der Waals surface area contributed by atoms with Gasteiger partial charge < -0.3 is 14.2 Å². The lowest BCUT2D eigenvalue weighted by molar-refractivity contribution is 0.0513. The van der Waals surface area contributed by atoms with Crippen molar-refractivity contribution in [2.75, 3.05) is 0 Å². The van der Waals surface area contributed by atoms with Crippen molar-refractivity contribution in [3.63, 3.8) is 0 Å². The smallest absolute Gasteiger partial charge is 0.435 e. The molecular weight excluding hydrogens is 440 g/mol. The van der Waals surface area contributed by atoms with Crippen LogP contribution < -0.4 is 0 Å². The first kappa shape index (κ1) is 24.1. The molecule has 2 heterocycles. The highest BCUT2D eigenvalue weighted by atomic mass is 16.6. The van der Waals surface area contributed by atoms with Gasteiger partial charge in [0.05, 0.1) is 11.3 Å². The van der Waals surface area contributed by atoms with Gasteiger partial charge in [0.25, 0.3) is 5.91 Å². The lowest BCUT2D eigenvalue weighted by atomic mass is 9.91. The third-order valence-corrected chi connectivity index (χ3v) is 7.85. The van der Waals surface area contributed by atoms with Crippen LogP contribution in [0.2, 0.25) is 0 Å². The van der Waals surface area contributed by atoms with E-state index in [0.29, 0.717) is 12.1 Å². The Hall–Kier alpha value is -2.57. The van der Waals surface area contributed by atoms with Crippen molar-refractivity contribution in [3.05, 3.63) is 40.5 Å². The van der Waals surface area contributed by atoms with Crippen molar-refractivity contribution >= 4 is 12.0 Å². The lowest BCUT2D eigenvalue weighted by Crippen LogP contribution is -2.45. The number of carbonyl (C=O) groups excluding carboxylic acids is 2. The first-order valence-electron chi connectivity index (χ1n) is 13.4. The van der Waals surface area contributed by atoms with Crippen LogP contribution in [0.15, 0.2) is 12.3 Å². The number of rotatable bonds is 4. The van der Waals surface area contributed by atoms with Gasteiger partial charge in [-0.15, -0.1) is 0 Å². The third kappa shape index (κ3) is 4.91. The highest BCUT2D eigenvalue weighted by Crippen LogP contribution is 2.37. The second-order valence-electron chi connectivity index (χ2n) is 11.8. The highest BCUT2D eigenvalue weighted by Gasteiger charge is 2.40. The minimum atomic E-state index is -0.564. The van der Waals surface area contributed by atoms with Gasteiger partial charge in [0.15, 0.2) is 0 Å². The SMILES string of the molecule is Cc1cc(C(=O)N(C2CC2)C2CCc3nn(C(=O)OC(C)(C)C)cc3C2)c(C)n1C1CCCCC1. The Labute approximate surface area is 208 Å². The first-order valence-corrected chi connectivity index (χ1v) is 13.4. The summed E-state index contributed by atoms with van der Waals surface area (Å²) in [5.41, 5.74) is 4.64. The molecule has 0 N–H and O–H groups in total. The largest absolute Gasteiger partial charge is 0.442 e. The molecule has 0 radical (unpaired) electrons. The predicted octanol–water partition coefficient (Wildman–Crippen LogP) is 5.75. The van der Waals surface area contributed by atoms with Gasteiger partial charge >= 0.3 is 6.09 Å². The van der Waals surface area contributed by atoms with E-state index in [4.69, 9.17) is 4.74 Å². The number of amides is 1. The second-order valence-corrected chi connectivity index (χ2v) is 11.8. The van der Waals surface area contributed by atoms with Gasteiger partial charge in [-0.3, -0.25) is 4.79 Å². The van der Waals surface area contributed by atoms with Crippen molar-refractivity contribution in [2.24, 2.45) is 0 Å². The number of aromatic nitrogens is 3. The molecule has 1 amide bonds. The average molecular weight is 481 g/mol. The standard InChI is InChI=1S/C28H40N4O3/c1-18-15-24(19(2)31(18)21-9-7-6-8-10-21)26(33)32(22-11-12-22)23-13-14-25-20(16-23)17-30(29-25)27(34)35-28(3,4)5/h15,17,21-23H,6-14,16H2,1-5H3. The Morgan fingerprint density at radius 1 is 1.03 bits per heavy atom. The summed E-state index contributed by atoms with van der Waals surface area (Å²) in [6.07, 6.45) is 12.2. The molecule has 3 aliphatic rings. The molecule has 2 aromatic heterocycles. The summed E-state index contributed by atoms with van der Waals surface area (Å²) < 4.78 is 9.26. The quantitative estimate of drug-likeness (QED) is 0.559. The van der Waals surface area contributed by atoms with Crippen LogP contribution >= 0.6 is 0 Å². The van der Waals surface area contributed by atoms with Crippen LogP contribution in [-0.4, -0.2) is 48.9 Å². The zero-order chi connectivity index (χ0) is 24.9. The molecule has 1 unspecified atom stereocenters. The van der Waals surface area contributed by atoms with Gasteiger partial charge in [0, 0.05) is 35.7 Å². The van der Waals surface area contributed by atoms with Crippen molar-refractivity contribution in [1.82, 2.24) is 19.2 Å². The van der Waals surface area contributed by atoms with E-state index in [-0.39, 0.29) is 11.9 Å². The fraction of sp³-hybridized carbons (Fsp3) is 0.679. The average Bonchev–Trinajstić information content (AvgIpc) is 3.45. The number of fused-ring (bicyclic) bond motifs is 1. The predicted molar refractivity (Wildman–Crippen MR) is 135 cm³/mol. The Morgan fingerprint density at radius 3 is 2.40 bits per heavy atom. The molecule has 0 aliphatic heterocycles. The van der Waals surface area contributed by atoms with Crippen LogP contribution in [0.1, 0.15) is 111 Å². The second kappa shape index (κ2) is 9.14. The summed E-state index contributed by atoms with van der Waals surface area (Å²) in [5.74, 6) is 0.177. The van der Waals surface area contributed by atoms with Crippen LogP contribution in [-0.2, 0) is 17.6 Å². The number of ether oxygens (including phenoxy) is 1. The molecule has 2 saturated carbocycles. The number of hydrogen-bond donors (Lipinski definition) is 0. The minimum Gasteiger partial charge on any atom is -0.442 e. The Kier molecular flexibility index (Phi) is 6.30. The molecule has 0 saturated heterocycles. The fourth-order valence-corrected chi connectivity index (χ4v) is 6.14. The molecule has 0 aromatic carbocycles. The van der Waals surface area contributed by atoms with Crippen LogP contribution in [0.4, 0.5) is 4.79 Å². The Morgan fingerprint density at radius 2 is 1.74 bits per heavy atom. The van der Waals surface area contributed by atoms with Gasteiger partial charge in [-0.1, -0.05) is 19.3 Å². The molecule has 5 rings (SSSR count). The zero-order valence-corrected chi connectivity index (χ0v) is 22.0. The Balaban J connectivity index is 1.36. The van der Waals surface area contributed by atoms with Gasteiger partial charge in [-0.25, -0.2) is 4.79 Å². The fourth-order valence-electron chi connectivity index (χ4n) is 6.14. The summed E-state index contributed by atoms with van der Waals surface area (Å²) in [6, 6.07) is 3.11. The molecular formula is C28H40N4O3. The summed E-state index contributed by atoms with van der Waals surface area (Å²) in [4.78, 5) is 28.7. The molecule has 2 aromatic rings. The number of hydrogen-bond acceptors (Lipinski definition) is 4. The normalized spacial score (nSPS) is 21.0. The number of carbonyl (C=O) groups is 2. The van der Waals surface area contributed by atoms with Gasteiger partial charge in [0.1, 0.15) is 5.60 Å². The van der Waals surface area contributed by atoms with E-state index in [2.05, 4.69) is 34.5 Å². The topological polar surface area (TPSA) is 69.4 Å². The number of nitrogens with zero attached hydrogens (tertiary/aromatic N) is 4. The van der Waals surface area contributed by atoms with Crippen LogP contribution in [0.3, 0.4) is 0 Å². The molecule has 1 atom stereocenters. The van der Waals surface area contributed by atoms with Crippen molar-refractivity contribution in [3.8, 4) is 0 Å². The lowest BCUT2D eigenvalue weighted by Gasteiger charge is -2.34. The molecule has 7 heteroatoms. The maximum atomic E-state index is 14.0. The maximum Gasteiger partial charge on any atom is 0.435 e. The summed E-state index contributed by atoms with van der Waals surface area (Å²) >= 11 is 0. The van der Waals surface area contributed by atoms with Crippen molar-refractivity contribution < 1.29 is 14.3 Å². The van der Waals surface area contributed by atoms with E-state index < -0.39 is 11.7 Å². The van der Waals surface area contributed by atoms with E-state index in [9.17, 15) is 9.59 Å². The monoisotopic (exact) mass is 480 g/mol. The van der Waals surface area contributed by atoms with Crippen LogP contribution in [0.25, 0.3) is 0 Å². The third-order valence-electron chi connectivity index (χ3n) is 7.85. The molecule has 3 aliphatic carbocycles. The van der Waals surface area contributed by atoms with Crippen LogP contribution in [0, 0.1) is 13.8 Å². The molecule has 7 nitrogen and oxygen atoms in total. The van der Waals surface area contributed by atoms with Gasteiger partial charge in [0.2, 0.25) is 0 Å². The summed E-state index contributed by atoms with van der Waals surface area (Å²) in [6.45, 7) is 9.85. The minimum absolute atomic E-state index is 0.136. The van der Waals surface area contributed by atoms with E-state index in [1.54, 1.807) is 6.20 Å². The van der Waals surface area contributed by atoms with E-state index in [1.165, 1.54) is 42.5 Å². The molecule has 0 bridgehead atoms. The number of aryl methyl sites for hydroxylation is 2. The van der Waals surface area contributed by atoms with Gasteiger partial charge in [-0.2, -0.15) is 9.78 Å². The van der Waals surface area contributed by atoms with Crippen molar-refractivity contribution in [1.29, 1.82) is 0 Å². The summed E-state index contributed by atoms with van der Waals surface area (Å²) in [7, 11) is 0. The van der Waals surface area contributed by atoms with E-state index in [1.807, 2.05) is 20.8 Å². The molecule has 35 heavy (non-hydrogen) atoms. The molecule has 2 fully saturated rings. The van der Waals surface area contributed by atoms with Crippen LogP contribution in [0.5, 0.6) is 0 Å². The highest BCUT2D eigenvalue weighted by molar-refractivity contribution is 5.96. The molecule has 190 valence electrons. The van der Waals surface area contributed by atoms with E-state index in [0.717, 1.165) is 54.6 Å². The Bertz CT molecular complexity index is 1110. The van der Waals surface area contributed by atoms with Crippen molar-refractivity contribution in [2.45, 2.75) is 123 Å². The summed E-state index contributed by atoms with van der Waals surface area (Å²) in [5, 5.41) is 4.51. The molecule has 0 spiro atoms.